The number of hydrogen-bond acceptors (Lipinski definition) is 6. The molecule has 0 bridgehead atoms. The zero-order valence-corrected chi connectivity index (χ0v) is 12.9. The highest BCUT2D eigenvalue weighted by Crippen LogP contribution is 2.38. The van der Waals surface area contributed by atoms with Crippen LogP contribution in [-0.2, 0) is 0 Å². The lowest BCUT2D eigenvalue weighted by atomic mass is 10.1. The Labute approximate surface area is 128 Å². The summed E-state index contributed by atoms with van der Waals surface area (Å²) in [4.78, 5) is 4.19. The molecule has 21 heavy (non-hydrogen) atoms. The summed E-state index contributed by atoms with van der Waals surface area (Å²) in [5.41, 5.74) is 7.27. The van der Waals surface area contributed by atoms with Gasteiger partial charge >= 0.3 is 0 Å². The zero-order valence-electron chi connectivity index (χ0n) is 12.1. The molecule has 1 saturated carbocycles. The molecule has 1 aliphatic rings. The van der Waals surface area contributed by atoms with Crippen molar-refractivity contribution in [2.24, 2.45) is 5.73 Å². The van der Waals surface area contributed by atoms with Crippen molar-refractivity contribution in [3.63, 3.8) is 0 Å². The molecule has 2 atom stereocenters. The molecule has 0 saturated heterocycles. The Morgan fingerprint density at radius 2 is 2.19 bits per heavy atom. The first kappa shape index (κ1) is 14.5. The first-order valence-corrected chi connectivity index (χ1v) is 8.23. The highest BCUT2D eigenvalue weighted by Gasteiger charge is 2.25. The molecular weight excluding hydrogens is 284 g/mol. The Balaban J connectivity index is 1.82. The van der Waals surface area contributed by atoms with Gasteiger partial charge in [-0.25, -0.2) is 4.68 Å². The van der Waals surface area contributed by atoms with E-state index < -0.39 is 0 Å². The van der Waals surface area contributed by atoms with Crippen LogP contribution >= 0.6 is 11.8 Å². The number of pyridine rings is 1. The van der Waals surface area contributed by atoms with E-state index in [0.717, 1.165) is 23.6 Å². The molecule has 0 amide bonds. The minimum absolute atomic E-state index is 0.00655. The molecule has 2 heterocycles. The van der Waals surface area contributed by atoms with Gasteiger partial charge in [0.1, 0.15) is 0 Å². The van der Waals surface area contributed by atoms with Gasteiger partial charge in [0, 0.05) is 18.4 Å². The van der Waals surface area contributed by atoms with E-state index in [-0.39, 0.29) is 11.3 Å². The second-order valence-corrected chi connectivity index (χ2v) is 6.64. The molecule has 2 aromatic rings. The summed E-state index contributed by atoms with van der Waals surface area (Å²) in [6, 6.07) is 4.42. The third kappa shape index (κ3) is 3.24. The molecule has 0 aromatic carbocycles. The van der Waals surface area contributed by atoms with Gasteiger partial charge in [0.25, 0.3) is 0 Å². The van der Waals surface area contributed by atoms with Crippen molar-refractivity contribution in [2.45, 2.75) is 55.1 Å². The van der Waals surface area contributed by atoms with Crippen LogP contribution in [0.1, 0.15) is 49.5 Å². The second kappa shape index (κ2) is 6.53. The third-order valence-electron chi connectivity index (χ3n) is 3.86. The number of tetrazole rings is 1. The molecular formula is C14H20N6S. The Morgan fingerprint density at radius 3 is 2.86 bits per heavy atom. The van der Waals surface area contributed by atoms with Crippen LogP contribution in [0.15, 0.2) is 29.7 Å². The summed E-state index contributed by atoms with van der Waals surface area (Å²) in [6.07, 6.45) is 8.48. The molecule has 1 aliphatic carbocycles. The van der Waals surface area contributed by atoms with Gasteiger partial charge in [-0.05, 0) is 41.8 Å². The normalized spacial score (nSPS) is 18.8. The van der Waals surface area contributed by atoms with Gasteiger partial charge in [0.15, 0.2) is 0 Å². The average molecular weight is 304 g/mol. The number of hydrogen-bond donors (Lipinski definition) is 1. The van der Waals surface area contributed by atoms with Gasteiger partial charge in [-0.1, -0.05) is 30.7 Å². The largest absolute Gasteiger partial charge is 0.327 e. The maximum Gasteiger partial charge on any atom is 0.210 e. The molecule has 1 fully saturated rings. The Kier molecular flexibility index (Phi) is 4.50. The third-order valence-corrected chi connectivity index (χ3v) is 5.29. The van der Waals surface area contributed by atoms with Gasteiger partial charge in [-0.2, -0.15) is 0 Å². The van der Waals surface area contributed by atoms with Crippen LogP contribution in [-0.4, -0.2) is 31.2 Å². The minimum Gasteiger partial charge on any atom is -0.327 e. The van der Waals surface area contributed by atoms with E-state index in [1.54, 1.807) is 18.0 Å². The van der Waals surface area contributed by atoms with Gasteiger partial charge in [-0.3, -0.25) is 4.98 Å². The van der Waals surface area contributed by atoms with E-state index in [1.807, 2.05) is 23.9 Å². The van der Waals surface area contributed by atoms with Crippen LogP contribution < -0.4 is 5.73 Å². The molecule has 0 aliphatic heterocycles. The first-order chi connectivity index (χ1) is 10.3. The number of thioether (sulfide) groups is 1. The molecule has 112 valence electrons. The second-order valence-electron chi connectivity index (χ2n) is 5.53. The van der Waals surface area contributed by atoms with Gasteiger partial charge in [0.05, 0.1) is 11.3 Å². The summed E-state index contributed by atoms with van der Waals surface area (Å²) in [5.74, 6) is 0. The van der Waals surface area contributed by atoms with Gasteiger partial charge in [-0.15, -0.1) is 5.10 Å². The smallest absolute Gasteiger partial charge is 0.210 e. The average Bonchev–Trinajstić information content (AvgIpc) is 3.16. The molecule has 2 aromatic heterocycles. The van der Waals surface area contributed by atoms with Crippen LogP contribution in [0.25, 0.3) is 0 Å². The first-order valence-electron chi connectivity index (χ1n) is 7.35. The van der Waals surface area contributed by atoms with E-state index in [4.69, 9.17) is 5.73 Å². The minimum atomic E-state index is -0.00655. The van der Waals surface area contributed by atoms with Crippen molar-refractivity contribution in [1.29, 1.82) is 0 Å². The van der Waals surface area contributed by atoms with Crippen molar-refractivity contribution in [2.75, 3.05) is 0 Å². The molecule has 0 radical (unpaired) electrons. The fourth-order valence-electron chi connectivity index (χ4n) is 2.78. The number of nitrogens with two attached hydrogens (primary N) is 1. The SMILES string of the molecule is CC(N)C(Sc1nnnn1C1CCCC1)c1cccnc1. The van der Waals surface area contributed by atoms with E-state index >= 15 is 0 Å². The number of rotatable bonds is 5. The van der Waals surface area contributed by atoms with Crippen molar-refractivity contribution >= 4 is 11.8 Å². The van der Waals surface area contributed by atoms with Crippen LogP contribution in [0.4, 0.5) is 0 Å². The van der Waals surface area contributed by atoms with Crippen molar-refractivity contribution in [3.05, 3.63) is 30.1 Å². The summed E-state index contributed by atoms with van der Waals surface area (Å²) < 4.78 is 1.98. The van der Waals surface area contributed by atoms with Gasteiger partial charge in [0.2, 0.25) is 5.16 Å². The van der Waals surface area contributed by atoms with Gasteiger partial charge < -0.3 is 5.73 Å². The van der Waals surface area contributed by atoms with Crippen LogP contribution in [0.2, 0.25) is 0 Å². The fraction of sp³-hybridized carbons (Fsp3) is 0.571. The van der Waals surface area contributed by atoms with E-state index in [1.165, 1.54) is 12.8 Å². The van der Waals surface area contributed by atoms with Crippen molar-refractivity contribution < 1.29 is 0 Å². The summed E-state index contributed by atoms with van der Waals surface area (Å²) in [5, 5.41) is 13.2. The maximum absolute atomic E-state index is 6.16. The maximum atomic E-state index is 6.16. The highest BCUT2D eigenvalue weighted by atomic mass is 32.2. The molecule has 6 nitrogen and oxygen atoms in total. The van der Waals surface area contributed by atoms with Crippen LogP contribution in [0, 0.1) is 0 Å². The lowest BCUT2D eigenvalue weighted by molar-refractivity contribution is 0.422. The molecule has 7 heteroatoms. The predicted octanol–water partition coefficient (Wildman–Crippen LogP) is 2.36. The van der Waals surface area contributed by atoms with E-state index in [2.05, 4.69) is 26.6 Å². The summed E-state index contributed by atoms with van der Waals surface area (Å²) in [6.45, 7) is 2.01. The Bertz CT molecular complexity index is 564. The topological polar surface area (TPSA) is 82.5 Å². The van der Waals surface area contributed by atoms with Crippen molar-refractivity contribution in [3.8, 4) is 0 Å². The Morgan fingerprint density at radius 1 is 1.38 bits per heavy atom. The lowest BCUT2D eigenvalue weighted by Gasteiger charge is -2.20. The number of nitrogens with zero attached hydrogens (tertiary/aromatic N) is 5. The van der Waals surface area contributed by atoms with Crippen LogP contribution in [0.3, 0.4) is 0 Å². The monoisotopic (exact) mass is 304 g/mol. The predicted molar refractivity (Wildman–Crippen MR) is 81.8 cm³/mol. The number of aromatic nitrogens is 5. The van der Waals surface area contributed by atoms with Crippen molar-refractivity contribution in [1.82, 2.24) is 25.2 Å². The van der Waals surface area contributed by atoms with E-state index in [0.29, 0.717) is 6.04 Å². The molecule has 0 spiro atoms. The quantitative estimate of drug-likeness (QED) is 0.854. The fourth-order valence-corrected chi connectivity index (χ4v) is 3.87. The standard InChI is InChI=1S/C14H20N6S/c1-10(15)13(11-5-4-8-16-9-11)21-14-17-18-19-20(14)12-6-2-3-7-12/h4-5,8-10,12-13H,2-3,6-7,15H2,1H3. The molecule has 2 unspecified atom stereocenters. The molecule has 3 rings (SSSR count). The Hall–Kier alpha value is -1.47. The molecule has 2 N–H and O–H groups in total. The summed E-state index contributed by atoms with van der Waals surface area (Å²) >= 11 is 1.63. The highest BCUT2D eigenvalue weighted by molar-refractivity contribution is 7.99. The van der Waals surface area contributed by atoms with Crippen LogP contribution in [0.5, 0.6) is 0 Å². The summed E-state index contributed by atoms with van der Waals surface area (Å²) in [7, 11) is 0. The zero-order chi connectivity index (χ0) is 14.7. The van der Waals surface area contributed by atoms with E-state index in [9.17, 15) is 0 Å². The lowest BCUT2D eigenvalue weighted by Crippen LogP contribution is -2.23.